The number of amides is 1. The van der Waals surface area contributed by atoms with Gasteiger partial charge in [-0.05, 0) is 43.5 Å². The van der Waals surface area contributed by atoms with Crippen molar-refractivity contribution in [3.8, 4) is 5.75 Å². The SMILES string of the molecule is COc1ccc(C2(C(=O)NCC3(O)CCNC3)CC2)cc1. The third kappa shape index (κ3) is 2.76. The lowest BCUT2D eigenvalue weighted by Gasteiger charge is -2.24. The van der Waals surface area contributed by atoms with E-state index in [1.165, 1.54) is 0 Å². The number of β-amino-alcohol motifs (C(OH)–C–C–N with tert-alkyl or cyclic N) is 1. The molecule has 0 aromatic heterocycles. The molecular formula is C16H22N2O3. The predicted octanol–water partition coefficient (Wildman–Crippen LogP) is 0.567. The smallest absolute Gasteiger partial charge is 0.230 e. The standard InChI is InChI=1S/C16H22N2O3/c1-21-13-4-2-12(3-5-13)16(6-7-16)14(19)18-11-15(20)8-9-17-10-15/h2-5,17,20H,6-11H2,1H3,(H,18,19). The Balaban J connectivity index is 1.65. The van der Waals surface area contributed by atoms with Gasteiger partial charge in [0.15, 0.2) is 0 Å². The summed E-state index contributed by atoms with van der Waals surface area (Å²) in [5, 5.41) is 16.3. The number of ether oxygens (including phenoxy) is 1. The number of hydrogen-bond acceptors (Lipinski definition) is 4. The summed E-state index contributed by atoms with van der Waals surface area (Å²) in [6.45, 7) is 1.66. The topological polar surface area (TPSA) is 70.6 Å². The Morgan fingerprint density at radius 1 is 1.33 bits per heavy atom. The summed E-state index contributed by atoms with van der Waals surface area (Å²) < 4.78 is 5.15. The molecule has 0 spiro atoms. The summed E-state index contributed by atoms with van der Waals surface area (Å²) in [5.41, 5.74) is -0.183. The zero-order valence-corrected chi connectivity index (χ0v) is 12.3. The summed E-state index contributed by atoms with van der Waals surface area (Å²) in [6.07, 6.45) is 2.41. The first-order valence-corrected chi connectivity index (χ1v) is 7.44. The molecule has 0 bridgehead atoms. The van der Waals surface area contributed by atoms with E-state index in [4.69, 9.17) is 4.74 Å². The fourth-order valence-electron chi connectivity index (χ4n) is 2.98. The molecule has 0 radical (unpaired) electrons. The fourth-order valence-corrected chi connectivity index (χ4v) is 2.98. The van der Waals surface area contributed by atoms with Crippen LogP contribution in [0.25, 0.3) is 0 Å². The van der Waals surface area contributed by atoms with Gasteiger partial charge in [-0.1, -0.05) is 12.1 Å². The van der Waals surface area contributed by atoms with Crippen molar-refractivity contribution in [2.75, 3.05) is 26.7 Å². The van der Waals surface area contributed by atoms with Crippen molar-refractivity contribution in [3.63, 3.8) is 0 Å². The van der Waals surface area contributed by atoms with E-state index >= 15 is 0 Å². The predicted molar refractivity (Wildman–Crippen MR) is 79.4 cm³/mol. The van der Waals surface area contributed by atoms with Crippen molar-refractivity contribution >= 4 is 5.91 Å². The number of hydrogen-bond donors (Lipinski definition) is 3. The second-order valence-corrected chi connectivity index (χ2v) is 6.14. The molecule has 3 rings (SSSR count). The van der Waals surface area contributed by atoms with Crippen LogP contribution in [0.4, 0.5) is 0 Å². The molecule has 5 heteroatoms. The third-order valence-corrected chi connectivity index (χ3v) is 4.63. The maximum atomic E-state index is 12.5. The second-order valence-electron chi connectivity index (χ2n) is 6.14. The van der Waals surface area contributed by atoms with E-state index in [-0.39, 0.29) is 5.91 Å². The maximum absolute atomic E-state index is 12.5. The van der Waals surface area contributed by atoms with Gasteiger partial charge in [0.1, 0.15) is 5.75 Å². The molecule has 1 unspecified atom stereocenters. The third-order valence-electron chi connectivity index (χ3n) is 4.63. The van der Waals surface area contributed by atoms with Gasteiger partial charge in [0.25, 0.3) is 0 Å². The number of methoxy groups -OCH3 is 1. The van der Waals surface area contributed by atoms with Crippen molar-refractivity contribution in [2.45, 2.75) is 30.3 Å². The van der Waals surface area contributed by atoms with Gasteiger partial charge in [0, 0.05) is 13.1 Å². The molecule has 1 saturated heterocycles. The van der Waals surface area contributed by atoms with Crippen LogP contribution in [0.15, 0.2) is 24.3 Å². The molecule has 1 aromatic carbocycles. The van der Waals surface area contributed by atoms with Crippen LogP contribution in [-0.2, 0) is 10.2 Å². The van der Waals surface area contributed by atoms with Crippen molar-refractivity contribution in [1.82, 2.24) is 10.6 Å². The first-order chi connectivity index (χ1) is 10.1. The summed E-state index contributed by atoms with van der Waals surface area (Å²) in [7, 11) is 1.63. The maximum Gasteiger partial charge on any atom is 0.230 e. The average molecular weight is 290 g/mol. The molecule has 1 aliphatic heterocycles. The van der Waals surface area contributed by atoms with Crippen LogP contribution in [0, 0.1) is 0 Å². The minimum atomic E-state index is -0.800. The lowest BCUT2D eigenvalue weighted by molar-refractivity contribution is -0.124. The zero-order chi connectivity index (χ0) is 14.9. The van der Waals surface area contributed by atoms with E-state index in [1.807, 2.05) is 24.3 Å². The zero-order valence-electron chi connectivity index (χ0n) is 12.3. The van der Waals surface area contributed by atoms with Crippen LogP contribution >= 0.6 is 0 Å². The van der Waals surface area contributed by atoms with Gasteiger partial charge in [-0.15, -0.1) is 0 Å². The van der Waals surface area contributed by atoms with Gasteiger partial charge in [0.2, 0.25) is 5.91 Å². The molecule has 1 aromatic rings. The summed E-state index contributed by atoms with van der Waals surface area (Å²) in [5.74, 6) is 0.814. The van der Waals surface area contributed by atoms with E-state index < -0.39 is 11.0 Å². The number of carbonyl (C=O) groups excluding carboxylic acids is 1. The minimum Gasteiger partial charge on any atom is -0.497 e. The van der Waals surface area contributed by atoms with Crippen LogP contribution in [0.5, 0.6) is 5.75 Å². The van der Waals surface area contributed by atoms with E-state index in [9.17, 15) is 9.90 Å². The molecule has 2 fully saturated rings. The second kappa shape index (κ2) is 5.31. The molecule has 1 atom stereocenters. The van der Waals surface area contributed by atoms with Crippen LogP contribution < -0.4 is 15.4 Å². The summed E-state index contributed by atoms with van der Waals surface area (Å²) in [4.78, 5) is 12.5. The van der Waals surface area contributed by atoms with Gasteiger partial charge in [0.05, 0.1) is 18.1 Å². The normalized spacial score (nSPS) is 26.4. The molecule has 5 nitrogen and oxygen atoms in total. The highest BCUT2D eigenvalue weighted by Gasteiger charge is 2.51. The number of carbonyl (C=O) groups is 1. The van der Waals surface area contributed by atoms with E-state index in [0.717, 1.165) is 30.7 Å². The molecule has 3 N–H and O–H groups in total. The molecule has 1 aliphatic carbocycles. The first kappa shape index (κ1) is 14.4. The largest absolute Gasteiger partial charge is 0.497 e. The van der Waals surface area contributed by atoms with Crippen molar-refractivity contribution in [3.05, 3.63) is 29.8 Å². The van der Waals surface area contributed by atoms with Crippen LogP contribution in [-0.4, -0.2) is 43.4 Å². The average Bonchev–Trinajstić information content (AvgIpc) is 3.22. The van der Waals surface area contributed by atoms with Crippen LogP contribution in [0.2, 0.25) is 0 Å². The monoisotopic (exact) mass is 290 g/mol. The highest BCUT2D eigenvalue weighted by molar-refractivity contribution is 5.91. The first-order valence-electron chi connectivity index (χ1n) is 7.44. The Morgan fingerprint density at radius 2 is 2.05 bits per heavy atom. The number of rotatable bonds is 5. The molecule has 1 heterocycles. The fraction of sp³-hybridized carbons (Fsp3) is 0.562. The molecule has 2 aliphatic rings. The van der Waals surface area contributed by atoms with Crippen molar-refractivity contribution in [2.24, 2.45) is 0 Å². The van der Waals surface area contributed by atoms with E-state index in [1.54, 1.807) is 7.11 Å². The summed E-state index contributed by atoms with van der Waals surface area (Å²) >= 11 is 0. The quantitative estimate of drug-likeness (QED) is 0.741. The van der Waals surface area contributed by atoms with Crippen LogP contribution in [0.3, 0.4) is 0 Å². The molecule has 1 saturated carbocycles. The highest BCUT2D eigenvalue weighted by Crippen LogP contribution is 2.48. The Labute approximate surface area is 124 Å². The van der Waals surface area contributed by atoms with Crippen molar-refractivity contribution in [1.29, 1.82) is 0 Å². The number of aliphatic hydroxyl groups is 1. The summed E-state index contributed by atoms with van der Waals surface area (Å²) in [6, 6.07) is 7.68. The molecule has 1 amide bonds. The van der Waals surface area contributed by atoms with Crippen molar-refractivity contribution < 1.29 is 14.6 Å². The Bertz CT molecular complexity index is 517. The molecule has 114 valence electrons. The van der Waals surface area contributed by atoms with Gasteiger partial charge in [-0.25, -0.2) is 0 Å². The Kier molecular flexibility index (Phi) is 3.63. The Morgan fingerprint density at radius 3 is 2.57 bits per heavy atom. The number of nitrogens with one attached hydrogen (secondary N) is 2. The minimum absolute atomic E-state index is 0.0213. The molecular weight excluding hydrogens is 268 g/mol. The van der Waals surface area contributed by atoms with Gasteiger partial charge < -0.3 is 20.5 Å². The van der Waals surface area contributed by atoms with E-state index in [0.29, 0.717) is 19.5 Å². The van der Waals surface area contributed by atoms with Gasteiger partial charge in [-0.2, -0.15) is 0 Å². The molecule has 21 heavy (non-hydrogen) atoms. The lowest BCUT2D eigenvalue weighted by atomic mass is 9.94. The number of benzene rings is 1. The highest BCUT2D eigenvalue weighted by atomic mass is 16.5. The van der Waals surface area contributed by atoms with Crippen LogP contribution in [0.1, 0.15) is 24.8 Å². The lowest BCUT2D eigenvalue weighted by Crippen LogP contribution is -2.47. The van der Waals surface area contributed by atoms with Gasteiger partial charge >= 0.3 is 0 Å². The van der Waals surface area contributed by atoms with Gasteiger partial charge in [-0.3, -0.25) is 4.79 Å². The Hall–Kier alpha value is -1.59. The van der Waals surface area contributed by atoms with E-state index in [2.05, 4.69) is 10.6 Å².